The van der Waals surface area contributed by atoms with E-state index in [9.17, 15) is 13.9 Å². The van der Waals surface area contributed by atoms with Gasteiger partial charge in [-0.1, -0.05) is 6.07 Å². The number of rotatable bonds is 5. The highest BCUT2D eigenvalue weighted by molar-refractivity contribution is 8.24. The van der Waals surface area contributed by atoms with Crippen LogP contribution in [-0.4, -0.2) is 54.9 Å². The van der Waals surface area contributed by atoms with Gasteiger partial charge in [0.2, 0.25) is 5.91 Å². The number of nitrogens with one attached hydrogen (secondary N) is 1. The van der Waals surface area contributed by atoms with Gasteiger partial charge in [0.1, 0.15) is 18.7 Å². The van der Waals surface area contributed by atoms with Crippen LogP contribution in [0.15, 0.2) is 41.2 Å². The van der Waals surface area contributed by atoms with E-state index in [0.29, 0.717) is 35.8 Å². The first-order valence-electron chi connectivity index (χ1n) is 9.65. The summed E-state index contributed by atoms with van der Waals surface area (Å²) >= 11 is 0. The van der Waals surface area contributed by atoms with E-state index in [0.717, 1.165) is 19.3 Å². The van der Waals surface area contributed by atoms with Crippen LogP contribution in [0.1, 0.15) is 30.5 Å². The topological polar surface area (TPSA) is 146 Å². The molecule has 2 aliphatic heterocycles. The van der Waals surface area contributed by atoms with Gasteiger partial charge in [0.05, 0.1) is 29.4 Å². The van der Waals surface area contributed by atoms with Gasteiger partial charge in [-0.25, -0.2) is 9.97 Å². The Kier molecular flexibility index (Phi) is 5.75. The molecule has 0 saturated carbocycles. The van der Waals surface area contributed by atoms with Crippen molar-refractivity contribution in [1.82, 2.24) is 14.9 Å². The van der Waals surface area contributed by atoms with Gasteiger partial charge in [0.15, 0.2) is 5.84 Å². The molecule has 4 rings (SSSR count). The standard InChI is InChI=1S/C19H24N6O4S/c20-19-18-15(23-30(27,28)24-19)5-3-6-16(18)29-11-14-4-1-2-9-25(14)17(26)10-13-7-8-21-12-22-13/h3,5-8,12,14,23,27-28H,1-2,4,9-11H2,(H2,20,24). The van der Waals surface area contributed by atoms with E-state index in [1.165, 1.54) is 6.33 Å². The van der Waals surface area contributed by atoms with Crippen molar-refractivity contribution < 1.29 is 18.6 Å². The average molecular weight is 433 g/mol. The molecule has 1 unspecified atom stereocenters. The van der Waals surface area contributed by atoms with E-state index in [1.807, 2.05) is 4.90 Å². The maximum absolute atomic E-state index is 12.9. The fourth-order valence-electron chi connectivity index (χ4n) is 3.72. The number of hydrogen-bond donors (Lipinski definition) is 4. The first-order chi connectivity index (χ1) is 14.4. The fourth-order valence-corrected chi connectivity index (χ4v) is 4.60. The molecule has 0 bridgehead atoms. The second-order valence-electron chi connectivity index (χ2n) is 7.20. The third-order valence-electron chi connectivity index (χ3n) is 5.11. The van der Waals surface area contributed by atoms with Gasteiger partial charge in [-0.3, -0.25) is 18.6 Å². The number of carbonyl (C=O) groups is 1. The molecular formula is C19H24N6O4S. The number of nitrogens with zero attached hydrogens (tertiary/aromatic N) is 4. The van der Waals surface area contributed by atoms with E-state index in [-0.39, 0.29) is 24.2 Å². The SMILES string of the molecule is NC1=NS(O)(O)Nc2cccc(OCC3CCCCN3C(=O)Cc3ccncn3)c21. The summed E-state index contributed by atoms with van der Waals surface area (Å²) in [5, 5.41) is 0. The Balaban J connectivity index is 1.47. The smallest absolute Gasteiger partial charge is 0.228 e. The molecule has 10 nitrogen and oxygen atoms in total. The summed E-state index contributed by atoms with van der Waals surface area (Å²) in [6.45, 7) is 0.979. The van der Waals surface area contributed by atoms with Crippen molar-refractivity contribution in [3.05, 3.63) is 48.0 Å². The number of anilines is 1. The zero-order chi connectivity index (χ0) is 21.1. The molecule has 30 heavy (non-hydrogen) atoms. The number of aromatic nitrogens is 2. The molecule has 1 aromatic carbocycles. The van der Waals surface area contributed by atoms with Crippen molar-refractivity contribution in [1.29, 1.82) is 0 Å². The number of hydrogen-bond acceptors (Lipinski definition) is 9. The molecule has 11 heteroatoms. The monoisotopic (exact) mass is 432 g/mol. The molecule has 1 fully saturated rings. The number of benzene rings is 1. The minimum Gasteiger partial charge on any atom is -0.491 e. The van der Waals surface area contributed by atoms with Crippen molar-refractivity contribution in [3.8, 4) is 5.75 Å². The van der Waals surface area contributed by atoms with Crippen LogP contribution in [0.5, 0.6) is 5.75 Å². The number of amidine groups is 1. The average Bonchev–Trinajstić information content (AvgIpc) is 2.72. The summed E-state index contributed by atoms with van der Waals surface area (Å²) in [5.41, 5.74) is 7.56. The molecule has 0 radical (unpaired) electrons. The normalized spacial score (nSPS) is 21.1. The zero-order valence-corrected chi connectivity index (χ0v) is 17.1. The number of nitrogens with two attached hydrogens (primary N) is 1. The van der Waals surface area contributed by atoms with Crippen LogP contribution in [0, 0.1) is 0 Å². The Bertz CT molecular complexity index is 955. The van der Waals surface area contributed by atoms with Gasteiger partial charge in [0.25, 0.3) is 0 Å². The summed E-state index contributed by atoms with van der Waals surface area (Å²) in [5.74, 6) is 0.485. The van der Waals surface area contributed by atoms with Gasteiger partial charge in [-0.05, 0) is 48.4 Å². The Morgan fingerprint density at radius 2 is 2.20 bits per heavy atom. The highest BCUT2D eigenvalue weighted by atomic mass is 32.3. The van der Waals surface area contributed by atoms with E-state index in [4.69, 9.17) is 10.5 Å². The number of fused-ring (bicyclic) bond motifs is 1. The van der Waals surface area contributed by atoms with E-state index in [2.05, 4.69) is 19.1 Å². The van der Waals surface area contributed by atoms with E-state index in [1.54, 1.807) is 30.5 Å². The molecule has 3 heterocycles. The lowest BCUT2D eigenvalue weighted by molar-refractivity contribution is -0.135. The Morgan fingerprint density at radius 3 is 3.00 bits per heavy atom. The minimum absolute atomic E-state index is 0.000289. The third-order valence-corrected chi connectivity index (χ3v) is 6.05. The molecule has 5 N–H and O–H groups in total. The first kappa shape index (κ1) is 20.4. The number of carbonyl (C=O) groups excluding carboxylic acids is 1. The van der Waals surface area contributed by atoms with Crippen LogP contribution in [0.4, 0.5) is 5.69 Å². The number of ether oxygens (including phenoxy) is 1. The van der Waals surface area contributed by atoms with Crippen LogP contribution in [-0.2, 0) is 11.2 Å². The second kappa shape index (κ2) is 8.46. The molecule has 1 amide bonds. The number of piperidine rings is 1. The molecule has 1 saturated heterocycles. The largest absolute Gasteiger partial charge is 0.491 e. The lowest BCUT2D eigenvalue weighted by Crippen LogP contribution is -2.47. The van der Waals surface area contributed by atoms with Gasteiger partial charge < -0.3 is 15.4 Å². The lowest BCUT2D eigenvalue weighted by Gasteiger charge is -2.36. The van der Waals surface area contributed by atoms with Crippen LogP contribution in [0.2, 0.25) is 0 Å². The van der Waals surface area contributed by atoms with E-state index >= 15 is 0 Å². The Labute approximate surface area is 175 Å². The Hall–Kier alpha value is -2.89. The number of amides is 1. The van der Waals surface area contributed by atoms with Crippen molar-refractivity contribution in [2.24, 2.45) is 10.1 Å². The predicted octanol–water partition coefficient (Wildman–Crippen LogP) is 2.19. The molecule has 2 aromatic rings. The van der Waals surface area contributed by atoms with Gasteiger partial charge in [-0.2, -0.15) is 0 Å². The van der Waals surface area contributed by atoms with Crippen molar-refractivity contribution >= 4 is 28.4 Å². The molecule has 1 aromatic heterocycles. The fraction of sp³-hybridized carbons (Fsp3) is 0.368. The van der Waals surface area contributed by atoms with Crippen LogP contribution < -0.4 is 15.2 Å². The highest BCUT2D eigenvalue weighted by Crippen LogP contribution is 2.46. The van der Waals surface area contributed by atoms with Crippen molar-refractivity contribution in [3.63, 3.8) is 0 Å². The lowest BCUT2D eigenvalue weighted by atomic mass is 10.0. The molecular weight excluding hydrogens is 408 g/mol. The van der Waals surface area contributed by atoms with E-state index < -0.39 is 11.0 Å². The minimum atomic E-state index is -3.35. The summed E-state index contributed by atoms with van der Waals surface area (Å²) in [6, 6.07) is 6.82. The summed E-state index contributed by atoms with van der Waals surface area (Å²) in [4.78, 5) is 22.7. The van der Waals surface area contributed by atoms with Crippen LogP contribution in [0.3, 0.4) is 0 Å². The quantitative estimate of drug-likeness (QED) is 0.562. The van der Waals surface area contributed by atoms with Gasteiger partial charge in [0, 0.05) is 12.7 Å². The first-order valence-corrected chi connectivity index (χ1v) is 11.2. The molecule has 2 aliphatic rings. The van der Waals surface area contributed by atoms with Crippen LogP contribution in [0.25, 0.3) is 0 Å². The van der Waals surface area contributed by atoms with Crippen LogP contribution >= 0.6 is 11.0 Å². The molecule has 0 spiro atoms. The van der Waals surface area contributed by atoms with Gasteiger partial charge >= 0.3 is 0 Å². The summed E-state index contributed by atoms with van der Waals surface area (Å²) in [7, 11) is -3.35. The second-order valence-corrected chi connectivity index (χ2v) is 8.63. The maximum Gasteiger partial charge on any atom is 0.228 e. The van der Waals surface area contributed by atoms with Crippen molar-refractivity contribution in [2.45, 2.75) is 31.7 Å². The zero-order valence-electron chi connectivity index (χ0n) is 16.3. The summed E-state index contributed by atoms with van der Waals surface area (Å²) in [6.07, 6.45) is 6.10. The molecule has 160 valence electrons. The highest BCUT2D eigenvalue weighted by Gasteiger charge is 2.29. The van der Waals surface area contributed by atoms with Crippen molar-refractivity contribution in [2.75, 3.05) is 17.9 Å². The molecule has 1 atom stereocenters. The number of likely N-dealkylation sites (tertiary alicyclic amines) is 1. The third kappa shape index (κ3) is 4.48. The maximum atomic E-state index is 12.9. The summed E-state index contributed by atoms with van der Waals surface area (Å²) < 4.78 is 31.9. The van der Waals surface area contributed by atoms with Gasteiger partial charge in [-0.15, -0.1) is 4.40 Å². The molecule has 0 aliphatic carbocycles. The predicted molar refractivity (Wildman–Crippen MR) is 114 cm³/mol. The Morgan fingerprint density at radius 1 is 1.33 bits per heavy atom.